The van der Waals surface area contributed by atoms with E-state index in [9.17, 15) is 9.90 Å². The van der Waals surface area contributed by atoms with E-state index in [1.807, 2.05) is 13.8 Å². The van der Waals surface area contributed by atoms with Gasteiger partial charge in [0.1, 0.15) is 5.69 Å². The topological polar surface area (TPSA) is 67.2 Å². The minimum Gasteiger partial charge on any atom is -0.393 e. The highest BCUT2D eigenvalue weighted by molar-refractivity contribution is 5.92. The van der Waals surface area contributed by atoms with Crippen LogP contribution in [0.15, 0.2) is 12.3 Å². The van der Waals surface area contributed by atoms with Crippen molar-refractivity contribution < 1.29 is 9.90 Å². The first-order valence-corrected chi connectivity index (χ1v) is 5.46. The fourth-order valence-electron chi connectivity index (χ4n) is 1.35. The minimum absolute atomic E-state index is 0.157. The van der Waals surface area contributed by atoms with Crippen molar-refractivity contribution >= 4 is 5.91 Å². The normalized spacial score (nSPS) is 12.8. The second-order valence-corrected chi connectivity index (χ2v) is 4.20. The summed E-state index contributed by atoms with van der Waals surface area (Å²) in [5.41, 5.74) is 0.527. The predicted octanol–water partition coefficient (Wildman–Crippen LogP) is 0.557. The molecule has 1 amide bonds. The third-order valence-electron chi connectivity index (χ3n) is 2.55. The summed E-state index contributed by atoms with van der Waals surface area (Å²) in [6.45, 7) is 4.38. The van der Waals surface area contributed by atoms with Gasteiger partial charge in [0.05, 0.1) is 6.10 Å². The van der Waals surface area contributed by atoms with E-state index in [-0.39, 0.29) is 17.9 Å². The van der Waals surface area contributed by atoms with Crippen molar-refractivity contribution in [2.24, 2.45) is 13.0 Å². The number of carbonyl (C=O) groups is 1. The molecule has 0 spiro atoms. The van der Waals surface area contributed by atoms with Gasteiger partial charge in [-0.25, -0.2) is 0 Å². The van der Waals surface area contributed by atoms with Crippen LogP contribution in [0.3, 0.4) is 0 Å². The van der Waals surface area contributed by atoms with E-state index in [2.05, 4.69) is 10.4 Å². The number of nitrogens with one attached hydrogen (secondary N) is 1. The third kappa shape index (κ3) is 3.34. The molecule has 1 heterocycles. The van der Waals surface area contributed by atoms with Gasteiger partial charge in [-0.1, -0.05) is 13.8 Å². The Hall–Kier alpha value is -1.36. The van der Waals surface area contributed by atoms with Crippen LogP contribution in [0, 0.1) is 5.92 Å². The Morgan fingerprint density at radius 1 is 1.62 bits per heavy atom. The standard InChI is InChI=1S/C11H19N3O2/c1-8(2)10(15)5-6-12-11(16)9-4-7-13-14(9)3/h4,7-8,10,15H,5-6H2,1-3H3,(H,12,16). The molecule has 1 unspecified atom stereocenters. The van der Waals surface area contributed by atoms with Crippen LogP contribution < -0.4 is 5.32 Å². The lowest BCUT2D eigenvalue weighted by Crippen LogP contribution is -2.30. The molecule has 0 radical (unpaired) electrons. The van der Waals surface area contributed by atoms with Crippen molar-refractivity contribution in [3.63, 3.8) is 0 Å². The SMILES string of the molecule is CC(C)C(O)CCNC(=O)c1ccnn1C. The number of aliphatic hydroxyl groups excluding tert-OH is 1. The van der Waals surface area contributed by atoms with Crippen molar-refractivity contribution in [3.05, 3.63) is 18.0 Å². The molecule has 1 aromatic rings. The highest BCUT2D eigenvalue weighted by Crippen LogP contribution is 2.04. The maximum Gasteiger partial charge on any atom is 0.269 e. The summed E-state index contributed by atoms with van der Waals surface area (Å²) in [5, 5.41) is 16.2. The number of amides is 1. The molecule has 0 aliphatic heterocycles. The number of hydrogen-bond acceptors (Lipinski definition) is 3. The van der Waals surface area contributed by atoms with E-state index in [0.29, 0.717) is 18.7 Å². The van der Waals surface area contributed by atoms with Gasteiger partial charge in [0.2, 0.25) is 0 Å². The largest absolute Gasteiger partial charge is 0.393 e. The summed E-state index contributed by atoms with van der Waals surface area (Å²) in [6, 6.07) is 1.66. The lowest BCUT2D eigenvalue weighted by atomic mass is 10.0. The van der Waals surface area contributed by atoms with Crippen molar-refractivity contribution in [1.82, 2.24) is 15.1 Å². The Balaban J connectivity index is 2.34. The minimum atomic E-state index is -0.369. The number of nitrogens with zero attached hydrogens (tertiary/aromatic N) is 2. The molecular formula is C11H19N3O2. The van der Waals surface area contributed by atoms with Crippen molar-refractivity contribution in [1.29, 1.82) is 0 Å². The van der Waals surface area contributed by atoms with Crippen LogP contribution in [0.5, 0.6) is 0 Å². The first-order chi connectivity index (χ1) is 7.52. The molecule has 0 aliphatic carbocycles. The number of hydrogen-bond donors (Lipinski definition) is 2. The molecule has 1 aromatic heterocycles. The molecule has 5 nitrogen and oxygen atoms in total. The Morgan fingerprint density at radius 2 is 2.31 bits per heavy atom. The zero-order chi connectivity index (χ0) is 12.1. The highest BCUT2D eigenvalue weighted by Gasteiger charge is 2.12. The maximum absolute atomic E-state index is 11.6. The van der Waals surface area contributed by atoms with Crippen molar-refractivity contribution in [2.45, 2.75) is 26.4 Å². The number of carbonyl (C=O) groups excluding carboxylic acids is 1. The van der Waals surface area contributed by atoms with Crippen LogP contribution in [0.2, 0.25) is 0 Å². The van der Waals surface area contributed by atoms with Crippen molar-refractivity contribution in [3.8, 4) is 0 Å². The first kappa shape index (κ1) is 12.7. The Labute approximate surface area is 95.5 Å². The number of rotatable bonds is 5. The average Bonchev–Trinajstić information content (AvgIpc) is 2.64. The molecule has 0 saturated carbocycles. The summed E-state index contributed by atoms with van der Waals surface area (Å²) in [7, 11) is 1.72. The summed E-state index contributed by atoms with van der Waals surface area (Å²) >= 11 is 0. The van der Waals surface area contributed by atoms with Crippen LogP contribution in [-0.4, -0.2) is 33.4 Å². The second-order valence-electron chi connectivity index (χ2n) is 4.20. The molecule has 2 N–H and O–H groups in total. The van der Waals surface area contributed by atoms with Crippen molar-refractivity contribution in [2.75, 3.05) is 6.54 Å². The highest BCUT2D eigenvalue weighted by atomic mass is 16.3. The molecule has 5 heteroatoms. The zero-order valence-corrected chi connectivity index (χ0v) is 9.97. The van der Waals surface area contributed by atoms with Crippen LogP contribution >= 0.6 is 0 Å². The van der Waals surface area contributed by atoms with Crippen LogP contribution in [-0.2, 0) is 7.05 Å². The number of aliphatic hydroxyl groups is 1. The van der Waals surface area contributed by atoms with Gasteiger partial charge in [0.15, 0.2) is 0 Å². The molecule has 0 fully saturated rings. The lowest BCUT2D eigenvalue weighted by molar-refractivity contribution is 0.0911. The molecule has 1 atom stereocenters. The molecule has 0 aromatic carbocycles. The smallest absolute Gasteiger partial charge is 0.269 e. The van der Waals surface area contributed by atoms with Gasteiger partial charge in [-0.05, 0) is 18.4 Å². The van der Waals surface area contributed by atoms with Gasteiger partial charge in [-0.3, -0.25) is 9.48 Å². The summed E-state index contributed by atoms with van der Waals surface area (Å²) < 4.78 is 1.52. The number of aromatic nitrogens is 2. The van der Waals surface area contributed by atoms with Gasteiger partial charge in [-0.2, -0.15) is 5.10 Å². The Kier molecular flexibility index (Phi) is 4.49. The molecule has 0 saturated heterocycles. The van der Waals surface area contributed by atoms with E-state index < -0.39 is 0 Å². The predicted molar refractivity (Wildman–Crippen MR) is 61.0 cm³/mol. The zero-order valence-electron chi connectivity index (χ0n) is 9.97. The molecule has 1 rings (SSSR count). The monoisotopic (exact) mass is 225 g/mol. The van der Waals surface area contributed by atoms with Gasteiger partial charge in [0, 0.05) is 19.8 Å². The van der Waals surface area contributed by atoms with Gasteiger partial charge < -0.3 is 10.4 Å². The second kappa shape index (κ2) is 5.65. The van der Waals surface area contributed by atoms with E-state index in [0.717, 1.165) is 0 Å². The molecular weight excluding hydrogens is 206 g/mol. The average molecular weight is 225 g/mol. The van der Waals surface area contributed by atoms with Gasteiger partial charge in [0.25, 0.3) is 5.91 Å². The molecule has 90 valence electrons. The molecule has 0 aliphatic rings. The quantitative estimate of drug-likeness (QED) is 0.769. The van der Waals surface area contributed by atoms with Gasteiger partial charge >= 0.3 is 0 Å². The summed E-state index contributed by atoms with van der Waals surface area (Å²) in [6.07, 6.45) is 1.78. The van der Waals surface area contributed by atoms with E-state index in [1.54, 1.807) is 19.3 Å². The van der Waals surface area contributed by atoms with Crippen LogP contribution in [0.1, 0.15) is 30.8 Å². The third-order valence-corrected chi connectivity index (χ3v) is 2.55. The summed E-state index contributed by atoms with van der Waals surface area (Å²) in [5.74, 6) is 0.0598. The molecule has 0 bridgehead atoms. The fourth-order valence-corrected chi connectivity index (χ4v) is 1.35. The van der Waals surface area contributed by atoms with E-state index in [4.69, 9.17) is 0 Å². The fraction of sp³-hybridized carbons (Fsp3) is 0.636. The maximum atomic E-state index is 11.6. The lowest BCUT2D eigenvalue weighted by Gasteiger charge is -2.14. The Bertz CT molecular complexity index is 347. The van der Waals surface area contributed by atoms with Crippen LogP contribution in [0.25, 0.3) is 0 Å². The Morgan fingerprint density at radius 3 is 2.81 bits per heavy atom. The number of aryl methyl sites for hydroxylation is 1. The molecule has 16 heavy (non-hydrogen) atoms. The first-order valence-electron chi connectivity index (χ1n) is 5.46. The summed E-state index contributed by atoms with van der Waals surface area (Å²) in [4.78, 5) is 11.6. The van der Waals surface area contributed by atoms with Crippen LogP contribution in [0.4, 0.5) is 0 Å². The van der Waals surface area contributed by atoms with E-state index in [1.165, 1.54) is 4.68 Å². The van der Waals surface area contributed by atoms with E-state index >= 15 is 0 Å². The van der Waals surface area contributed by atoms with Gasteiger partial charge in [-0.15, -0.1) is 0 Å².